The zero-order chi connectivity index (χ0) is 17.2. The van der Waals surface area contributed by atoms with Gasteiger partial charge in [0.05, 0.1) is 14.2 Å². The van der Waals surface area contributed by atoms with E-state index in [0.717, 1.165) is 12.0 Å². The number of ether oxygens (including phenoxy) is 2. The van der Waals surface area contributed by atoms with Crippen LogP contribution in [0.5, 0.6) is 11.5 Å². The fourth-order valence-corrected chi connectivity index (χ4v) is 2.49. The highest BCUT2D eigenvalue weighted by molar-refractivity contribution is 5.73. The van der Waals surface area contributed by atoms with Crippen molar-refractivity contribution < 1.29 is 14.3 Å². The highest BCUT2D eigenvalue weighted by atomic mass is 16.5. The molecule has 0 unspecified atom stereocenters. The molecule has 2 amide bonds. The van der Waals surface area contributed by atoms with Crippen molar-refractivity contribution in [1.82, 2.24) is 10.6 Å². The minimum Gasteiger partial charge on any atom is -0.493 e. The van der Waals surface area contributed by atoms with Gasteiger partial charge in [-0.05, 0) is 30.0 Å². The molecule has 0 fully saturated rings. The molecule has 0 aromatic heterocycles. The Morgan fingerprint density at radius 2 is 1.58 bits per heavy atom. The van der Waals surface area contributed by atoms with Gasteiger partial charge in [-0.15, -0.1) is 0 Å². The smallest absolute Gasteiger partial charge is 0.314 e. The molecule has 128 valence electrons. The maximum Gasteiger partial charge on any atom is 0.314 e. The van der Waals surface area contributed by atoms with Gasteiger partial charge in [0.1, 0.15) is 0 Å². The van der Waals surface area contributed by atoms with Gasteiger partial charge >= 0.3 is 6.03 Å². The Morgan fingerprint density at radius 3 is 2.25 bits per heavy atom. The summed E-state index contributed by atoms with van der Waals surface area (Å²) in [5, 5.41) is 5.72. The van der Waals surface area contributed by atoms with E-state index in [2.05, 4.69) is 22.8 Å². The maximum absolute atomic E-state index is 11.8. The maximum atomic E-state index is 11.8. The second-order valence-corrected chi connectivity index (χ2v) is 5.32. The third kappa shape index (κ3) is 5.19. The summed E-state index contributed by atoms with van der Waals surface area (Å²) in [6.07, 6.45) is 1.49. The zero-order valence-electron chi connectivity index (χ0n) is 14.2. The van der Waals surface area contributed by atoms with Gasteiger partial charge in [-0.1, -0.05) is 42.5 Å². The van der Waals surface area contributed by atoms with Crippen molar-refractivity contribution in [1.29, 1.82) is 0 Å². The number of carbonyl (C=O) groups excluding carboxylic acids is 1. The lowest BCUT2D eigenvalue weighted by Crippen LogP contribution is -2.37. The molecule has 5 nitrogen and oxygen atoms in total. The number of para-hydroxylation sites is 1. The van der Waals surface area contributed by atoms with Crippen LogP contribution in [0.1, 0.15) is 11.1 Å². The zero-order valence-corrected chi connectivity index (χ0v) is 14.2. The molecule has 0 radical (unpaired) electrons. The van der Waals surface area contributed by atoms with Crippen LogP contribution in [0.15, 0.2) is 48.5 Å². The number of benzene rings is 2. The Bertz CT molecular complexity index is 644. The summed E-state index contributed by atoms with van der Waals surface area (Å²) in [5.41, 5.74) is 2.21. The first kappa shape index (κ1) is 17.7. The van der Waals surface area contributed by atoms with Crippen LogP contribution in [-0.4, -0.2) is 33.3 Å². The minimum absolute atomic E-state index is 0.159. The molecule has 0 saturated heterocycles. The highest BCUT2D eigenvalue weighted by Crippen LogP contribution is 2.30. The van der Waals surface area contributed by atoms with Gasteiger partial charge in [-0.2, -0.15) is 0 Å². The van der Waals surface area contributed by atoms with Crippen LogP contribution in [0.2, 0.25) is 0 Å². The molecule has 0 heterocycles. The molecule has 0 aliphatic carbocycles. The van der Waals surface area contributed by atoms with Gasteiger partial charge in [0.15, 0.2) is 11.5 Å². The Hall–Kier alpha value is -2.69. The Labute approximate surface area is 143 Å². The summed E-state index contributed by atoms with van der Waals surface area (Å²) in [6, 6.07) is 15.7. The number of methoxy groups -OCH3 is 2. The summed E-state index contributed by atoms with van der Waals surface area (Å²) < 4.78 is 10.7. The van der Waals surface area contributed by atoms with E-state index >= 15 is 0 Å². The summed E-state index contributed by atoms with van der Waals surface area (Å²) in [4.78, 5) is 11.8. The Balaban J connectivity index is 1.73. The van der Waals surface area contributed by atoms with Crippen LogP contribution in [-0.2, 0) is 12.8 Å². The van der Waals surface area contributed by atoms with E-state index < -0.39 is 0 Å². The molecule has 2 N–H and O–H groups in total. The predicted octanol–water partition coefficient (Wildman–Crippen LogP) is 2.79. The van der Waals surface area contributed by atoms with E-state index in [9.17, 15) is 4.79 Å². The lowest BCUT2D eigenvalue weighted by atomic mass is 10.1. The van der Waals surface area contributed by atoms with Crippen molar-refractivity contribution in [2.75, 3.05) is 27.3 Å². The van der Waals surface area contributed by atoms with Crippen LogP contribution in [0.4, 0.5) is 4.79 Å². The van der Waals surface area contributed by atoms with Crippen molar-refractivity contribution in [3.05, 3.63) is 59.7 Å². The summed E-state index contributed by atoms with van der Waals surface area (Å²) in [6.45, 7) is 1.14. The van der Waals surface area contributed by atoms with E-state index in [-0.39, 0.29) is 6.03 Å². The number of hydrogen-bond donors (Lipinski definition) is 2. The molecule has 0 atom stereocenters. The number of urea groups is 1. The van der Waals surface area contributed by atoms with Gasteiger partial charge in [0, 0.05) is 13.1 Å². The SMILES string of the molecule is COc1cccc(CCNC(=O)NCCc2ccccc2)c1OC. The predicted molar refractivity (Wildman–Crippen MR) is 94.8 cm³/mol. The molecule has 0 spiro atoms. The molecule has 0 aliphatic rings. The minimum atomic E-state index is -0.159. The topological polar surface area (TPSA) is 59.6 Å². The molecular formula is C19H24N2O3. The third-order valence-electron chi connectivity index (χ3n) is 3.71. The average Bonchev–Trinajstić information content (AvgIpc) is 2.62. The second-order valence-electron chi connectivity index (χ2n) is 5.32. The van der Waals surface area contributed by atoms with Gasteiger partial charge < -0.3 is 20.1 Å². The molecule has 2 aromatic rings. The standard InChI is InChI=1S/C19H24N2O3/c1-23-17-10-6-9-16(18(17)24-2)12-14-21-19(22)20-13-11-15-7-4-3-5-8-15/h3-10H,11-14H2,1-2H3,(H2,20,21,22). The van der Waals surface area contributed by atoms with E-state index in [1.165, 1.54) is 5.56 Å². The van der Waals surface area contributed by atoms with E-state index in [0.29, 0.717) is 31.0 Å². The number of amides is 2. The largest absolute Gasteiger partial charge is 0.493 e. The Morgan fingerprint density at radius 1 is 0.875 bits per heavy atom. The van der Waals surface area contributed by atoms with Crippen molar-refractivity contribution >= 4 is 6.03 Å². The van der Waals surface area contributed by atoms with Gasteiger partial charge in [-0.3, -0.25) is 0 Å². The highest BCUT2D eigenvalue weighted by Gasteiger charge is 2.09. The summed E-state index contributed by atoms with van der Waals surface area (Å²) >= 11 is 0. The number of nitrogens with one attached hydrogen (secondary N) is 2. The molecular weight excluding hydrogens is 304 g/mol. The van der Waals surface area contributed by atoms with Crippen LogP contribution in [0.3, 0.4) is 0 Å². The monoisotopic (exact) mass is 328 g/mol. The molecule has 5 heteroatoms. The first-order valence-corrected chi connectivity index (χ1v) is 8.00. The van der Waals surface area contributed by atoms with Crippen LogP contribution in [0, 0.1) is 0 Å². The normalized spacial score (nSPS) is 10.1. The van der Waals surface area contributed by atoms with Gasteiger partial charge in [-0.25, -0.2) is 4.79 Å². The molecule has 0 saturated carbocycles. The lowest BCUT2D eigenvalue weighted by Gasteiger charge is -2.13. The van der Waals surface area contributed by atoms with Gasteiger partial charge in [0.2, 0.25) is 0 Å². The first-order valence-electron chi connectivity index (χ1n) is 8.00. The third-order valence-corrected chi connectivity index (χ3v) is 3.71. The second kappa shape index (κ2) is 9.45. The average molecular weight is 328 g/mol. The van der Waals surface area contributed by atoms with Crippen molar-refractivity contribution in [2.45, 2.75) is 12.8 Å². The van der Waals surface area contributed by atoms with Gasteiger partial charge in [0.25, 0.3) is 0 Å². The summed E-state index contributed by atoms with van der Waals surface area (Å²) in [7, 11) is 3.23. The van der Waals surface area contributed by atoms with Crippen LogP contribution < -0.4 is 20.1 Å². The van der Waals surface area contributed by atoms with E-state index in [1.807, 2.05) is 36.4 Å². The molecule has 0 bridgehead atoms. The van der Waals surface area contributed by atoms with E-state index in [1.54, 1.807) is 14.2 Å². The quantitative estimate of drug-likeness (QED) is 0.783. The molecule has 0 aliphatic heterocycles. The van der Waals surface area contributed by atoms with E-state index in [4.69, 9.17) is 9.47 Å². The molecule has 2 aromatic carbocycles. The number of carbonyl (C=O) groups is 1. The fraction of sp³-hybridized carbons (Fsp3) is 0.316. The van der Waals surface area contributed by atoms with Crippen molar-refractivity contribution in [2.24, 2.45) is 0 Å². The Kier molecular flexibility index (Phi) is 6.95. The van der Waals surface area contributed by atoms with Crippen molar-refractivity contribution in [3.63, 3.8) is 0 Å². The fourth-order valence-electron chi connectivity index (χ4n) is 2.49. The van der Waals surface area contributed by atoms with Crippen LogP contribution in [0.25, 0.3) is 0 Å². The molecule has 2 rings (SSSR count). The molecule has 24 heavy (non-hydrogen) atoms. The number of hydrogen-bond acceptors (Lipinski definition) is 3. The van der Waals surface area contributed by atoms with Crippen LogP contribution >= 0.6 is 0 Å². The van der Waals surface area contributed by atoms with Crippen molar-refractivity contribution in [3.8, 4) is 11.5 Å². The summed E-state index contributed by atoms with van der Waals surface area (Å²) in [5.74, 6) is 1.41. The first-order chi connectivity index (χ1) is 11.7. The number of rotatable bonds is 8. The lowest BCUT2D eigenvalue weighted by molar-refractivity contribution is 0.241.